The molecular weight excluding hydrogens is 204 g/mol. The molecule has 0 atom stereocenters. The SMILES string of the molecule is COc1ccc(OCC[Si](C)(C)C)cc1. The van der Waals surface area contributed by atoms with Crippen LogP contribution in [0.15, 0.2) is 24.3 Å². The molecule has 0 N–H and O–H groups in total. The lowest BCUT2D eigenvalue weighted by molar-refractivity contribution is 0.337. The van der Waals surface area contributed by atoms with Crippen molar-refractivity contribution in [2.75, 3.05) is 13.7 Å². The maximum absolute atomic E-state index is 5.66. The highest BCUT2D eigenvalue weighted by Crippen LogP contribution is 2.18. The largest absolute Gasteiger partial charge is 0.497 e. The maximum Gasteiger partial charge on any atom is 0.119 e. The number of ether oxygens (including phenoxy) is 2. The molecule has 0 spiro atoms. The number of rotatable bonds is 5. The van der Waals surface area contributed by atoms with Crippen LogP contribution in [0, 0.1) is 0 Å². The molecule has 0 saturated carbocycles. The fraction of sp³-hybridized carbons (Fsp3) is 0.500. The zero-order valence-electron chi connectivity index (χ0n) is 10.0. The van der Waals surface area contributed by atoms with E-state index in [1.54, 1.807) is 7.11 Å². The Morgan fingerprint density at radius 2 is 1.53 bits per heavy atom. The molecule has 0 unspecified atom stereocenters. The van der Waals surface area contributed by atoms with Crippen LogP contribution >= 0.6 is 0 Å². The average molecular weight is 224 g/mol. The molecule has 0 aromatic heterocycles. The van der Waals surface area contributed by atoms with Crippen LogP contribution in [0.25, 0.3) is 0 Å². The van der Waals surface area contributed by atoms with Gasteiger partial charge in [-0.2, -0.15) is 0 Å². The lowest BCUT2D eigenvalue weighted by Crippen LogP contribution is -2.22. The molecule has 1 rings (SSSR count). The van der Waals surface area contributed by atoms with Crippen molar-refractivity contribution in [2.45, 2.75) is 25.7 Å². The van der Waals surface area contributed by atoms with Crippen LogP contribution in [-0.4, -0.2) is 21.8 Å². The molecule has 2 nitrogen and oxygen atoms in total. The molecule has 0 heterocycles. The van der Waals surface area contributed by atoms with E-state index in [1.165, 1.54) is 6.04 Å². The quantitative estimate of drug-likeness (QED) is 0.714. The minimum atomic E-state index is -0.979. The topological polar surface area (TPSA) is 18.5 Å². The van der Waals surface area contributed by atoms with Crippen molar-refractivity contribution in [3.63, 3.8) is 0 Å². The fourth-order valence-electron chi connectivity index (χ4n) is 1.15. The van der Waals surface area contributed by atoms with Crippen LogP contribution in [0.2, 0.25) is 25.7 Å². The zero-order chi connectivity index (χ0) is 11.3. The third kappa shape index (κ3) is 4.88. The Hall–Kier alpha value is -0.963. The first-order valence-corrected chi connectivity index (χ1v) is 8.99. The summed E-state index contributed by atoms with van der Waals surface area (Å²) in [5.74, 6) is 1.79. The second-order valence-corrected chi connectivity index (χ2v) is 10.5. The molecular formula is C12H20O2Si. The van der Waals surface area contributed by atoms with Crippen molar-refractivity contribution >= 4 is 8.07 Å². The number of benzene rings is 1. The summed E-state index contributed by atoms with van der Waals surface area (Å²) in [6, 6.07) is 8.93. The van der Waals surface area contributed by atoms with Gasteiger partial charge in [0.05, 0.1) is 13.7 Å². The molecule has 0 amide bonds. The standard InChI is InChI=1S/C12H20O2Si/c1-13-11-5-7-12(8-6-11)14-9-10-15(2,3)4/h5-8H,9-10H2,1-4H3. The summed E-state index contributed by atoms with van der Waals surface area (Å²) in [4.78, 5) is 0. The number of methoxy groups -OCH3 is 1. The second-order valence-electron chi connectivity index (χ2n) is 4.83. The molecule has 0 aliphatic heterocycles. The molecule has 0 saturated heterocycles. The van der Waals surface area contributed by atoms with E-state index in [4.69, 9.17) is 9.47 Å². The van der Waals surface area contributed by atoms with E-state index in [0.29, 0.717) is 0 Å². The van der Waals surface area contributed by atoms with Crippen LogP contribution in [0.3, 0.4) is 0 Å². The summed E-state index contributed by atoms with van der Waals surface area (Å²) in [6.07, 6.45) is 0. The van der Waals surface area contributed by atoms with Gasteiger partial charge in [0.1, 0.15) is 11.5 Å². The Labute approximate surface area is 93.2 Å². The molecule has 0 bridgehead atoms. The minimum absolute atomic E-state index is 0.821. The van der Waals surface area contributed by atoms with Gasteiger partial charge >= 0.3 is 0 Å². The Balaban J connectivity index is 2.38. The van der Waals surface area contributed by atoms with Crippen molar-refractivity contribution in [1.82, 2.24) is 0 Å². The highest BCUT2D eigenvalue weighted by Gasteiger charge is 2.12. The molecule has 0 aliphatic rings. The number of hydrogen-bond donors (Lipinski definition) is 0. The Morgan fingerprint density at radius 3 is 2.00 bits per heavy atom. The predicted molar refractivity (Wildman–Crippen MR) is 66.6 cm³/mol. The molecule has 15 heavy (non-hydrogen) atoms. The average Bonchev–Trinajstić information content (AvgIpc) is 2.17. The van der Waals surface area contributed by atoms with E-state index in [9.17, 15) is 0 Å². The van der Waals surface area contributed by atoms with Gasteiger partial charge in [-0.1, -0.05) is 19.6 Å². The van der Waals surface area contributed by atoms with E-state index < -0.39 is 8.07 Å². The Kier molecular flexibility index (Phi) is 4.21. The first-order valence-electron chi connectivity index (χ1n) is 5.28. The van der Waals surface area contributed by atoms with Crippen LogP contribution in [-0.2, 0) is 0 Å². The van der Waals surface area contributed by atoms with Crippen molar-refractivity contribution in [2.24, 2.45) is 0 Å². The van der Waals surface area contributed by atoms with Crippen LogP contribution < -0.4 is 9.47 Å². The van der Waals surface area contributed by atoms with Gasteiger partial charge in [0.2, 0.25) is 0 Å². The summed E-state index contributed by atoms with van der Waals surface area (Å²) < 4.78 is 10.7. The van der Waals surface area contributed by atoms with E-state index in [2.05, 4.69) is 19.6 Å². The summed E-state index contributed by atoms with van der Waals surface area (Å²) in [7, 11) is 0.689. The second kappa shape index (κ2) is 5.21. The van der Waals surface area contributed by atoms with E-state index in [0.717, 1.165) is 18.1 Å². The van der Waals surface area contributed by atoms with Crippen molar-refractivity contribution in [3.8, 4) is 11.5 Å². The van der Waals surface area contributed by atoms with Crippen LogP contribution in [0.5, 0.6) is 11.5 Å². The summed E-state index contributed by atoms with van der Waals surface area (Å²) >= 11 is 0. The highest BCUT2D eigenvalue weighted by atomic mass is 28.3. The third-order valence-electron chi connectivity index (χ3n) is 2.18. The Bertz CT molecular complexity index is 287. The Morgan fingerprint density at radius 1 is 1.00 bits per heavy atom. The summed E-state index contributed by atoms with van der Waals surface area (Å²) in [5.41, 5.74) is 0. The van der Waals surface area contributed by atoms with E-state index in [1.807, 2.05) is 24.3 Å². The molecule has 0 fully saturated rings. The summed E-state index contributed by atoms with van der Waals surface area (Å²) in [5, 5.41) is 0. The van der Waals surface area contributed by atoms with Gasteiger partial charge in [-0.25, -0.2) is 0 Å². The van der Waals surface area contributed by atoms with Gasteiger partial charge in [0, 0.05) is 8.07 Å². The van der Waals surface area contributed by atoms with Gasteiger partial charge in [0.25, 0.3) is 0 Å². The normalized spacial score (nSPS) is 11.2. The predicted octanol–water partition coefficient (Wildman–Crippen LogP) is 3.41. The van der Waals surface area contributed by atoms with Crippen LogP contribution in [0.1, 0.15) is 0 Å². The minimum Gasteiger partial charge on any atom is -0.497 e. The van der Waals surface area contributed by atoms with Gasteiger partial charge in [-0.05, 0) is 30.3 Å². The van der Waals surface area contributed by atoms with E-state index in [-0.39, 0.29) is 0 Å². The van der Waals surface area contributed by atoms with Gasteiger partial charge < -0.3 is 9.47 Å². The first kappa shape index (κ1) is 12.1. The lowest BCUT2D eigenvalue weighted by Gasteiger charge is -2.15. The zero-order valence-corrected chi connectivity index (χ0v) is 11.0. The number of hydrogen-bond acceptors (Lipinski definition) is 2. The molecule has 84 valence electrons. The van der Waals surface area contributed by atoms with E-state index >= 15 is 0 Å². The van der Waals surface area contributed by atoms with Crippen molar-refractivity contribution < 1.29 is 9.47 Å². The van der Waals surface area contributed by atoms with Gasteiger partial charge in [-0.3, -0.25) is 0 Å². The van der Waals surface area contributed by atoms with Crippen LogP contribution in [0.4, 0.5) is 0 Å². The smallest absolute Gasteiger partial charge is 0.119 e. The summed E-state index contributed by atoms with van der Waals surface area (Å²) in [6.45, 7) is 7.88. The monoisotopic (exact) mass is 224 g/mol. The fourth-order valence-corrected chi connectivity index (χ4v) is 1.86. The highest BCUT2D eigenvalue weighted by molar-refractivity contribution is 6.76. The van der Waals surface area contributed by atoms with Gasteiger partial charge in [0.15, 0.2) is 0 Å². The molecule has 1 aromatic carbocycles. The molecule has 3 heteroatoms. The molecule has 1 aromatic rings. The maximum atomic E-state index is 5.66. The van der Waals surface area contributed by atoms with Crippen molar-refractivity contribution in [1.29, 1.82) is 0 Å². The molecule has 0 radical (unpaired) electrons. The van der Waals surface area contributed by atoms with Gasteiger partial charge in [-0.15, -0.1) is 0 Å². The molecule has 0 aliphatic carbocycles. The first-order chi connectivity index (χ1) is 7.01. The lowest BCUT2D eigenvalue weighted by atomic mass is 10.3. The third-order valence-corrected chi connectivity index (χ3v) is 3.88. The van der Waals surface area contributed by atoms with Crippen molar-refractivity contribution in [3.05, 3.63) is 24.3 Å².